The lowest BCUT2D eigenvalue weighted by molar-refractivity contribution is -0.146. The average molecular weight is 198 g/mol. The summed E-state index contributed by atoms with van der Waals surface area (Å²) in [6, 6.07) is 0. The minimum absolute atomic E-state index is 0.902. The van der Waals surface area contributed by atoms with Gasteiger partial charge in [-0.3, -0.25) is 4.84 Å². The fraction of sp³-hybridized carbons (Fsp3) is 1.00. The van der Waals surface area contributed by atoms with E-state index in [4.69, 9.17) is 4.84 Å². The van der Waals surface area contributed by atoms with Crippen molar-refractivity contribution in [2.24, 2.45) is 5.92 Å². The van der Waals surface area contributed by atoms with E-state index in [-0.39, 0.29) is 0 Å². The van der Waals surface area contributed by atoms with Crippen molar-refractivity contribution in [3.05, 3.63) is 0 Å². The summed E-state index contributed by atoms with van der Waals surface area (Å²) in [6.07, 6.45) is 6.55. The van der Waals surface area contributed by atoms with Crippen LogP contribution in [0.15, 0.2) is 0 Å². The largest absolute Gasteiger partial charge is 0.317 e. The molecular formula is C11H22N2O. The SMILES string of the molecule is C1CCN(OCCC2CCNCC2)C1. The second-order valence-electron chi connectivity index (χ2n) is 4.45. The molecule has 0 aliphatic carbocycles. The topological polar surface area (TPSA) is 24.5 Å². The van der Waals surface area contributed by atoms with Gasteiger partial charge in [-0.25, -0.2) is 0 Å². The minimum Gasteiger partial charge on any atom is -0.317 e. The van der Waals surface area contributed by atoms with Gasteiger partial charge in [0.25, 0.3) is 0 Å². The molecule has 14 heavy (non-hydrogen) atoms. The normalized spacial score (nSPS) is 25.7. The van der Waals surface area contributed by atoms with Gasteiger partial charge in [0.2, 0.25) is 0 Å². The molecule has 2 aliphatic heterocycles. The Morgan fingerprint density at radius 2 is 1.86 bits per heavy atom. The van der Waals surface area contributed by atoms with Crippen LogP contribution in [-0.2, 0) is 4.84 Å². The Morgan fingerprint density at radius 1 is 1.14 bits per heavy atom. The monoisotopic (exact) mass is 198 g/mol. The van der Waals surface area contributed by atoms with Crippen molar-refractivity contribution in [2.75, 3.05) is 32.8 Å². The molecule has 3 nitrogen and oxygen atoms in total. The molecule has 2 saturated heterocycles. The molecular weight excluding hydrogens is 176 g/mol. The van der Waals surface area contributed by atoms with E-state index in [2.05, 4.69) is 10.4 Å². The highest BCUT2D eigenvalue weighted by Gasteiger charge is 2.15. The van der Waals surface area contributed by atoms with Crippen LogP contribution in [0.1, 0.15) is 32.1 Å². The van der Waals surface area contributed by atoms with Gasteiger partial charge in [-0.1, -0.05) is 0 Å². The highest BCUT2D eigenvalue weighted by Crippen LogP contribution is 2.16. The third kappa shape index (κ3) is 3.23. The van der Waals surface area contributed by atoms with Crippen molar-refractivity contribution >= 4 is 0 Å². The van der Waals surface area contributed by atoms with E-state index in [1.807, 2.05) is 0 Å². The van der Waals surface area contributed by atoms with E-state index >= 15 is 0 Å². The van der Waals surface area contributed by atoms with Crippen molar-refractivity contribution in [1.82, 2.24) is 10.4 Å². The first kappa shape index (κ1) is 10.4. The number of rotatable bonds is 4. The molecule has 0 bridgehead atoms. The van der Waals surface area contributed by atoms with Crippen molar-refractivity contribution in [2.45, 2.75) is 32.1 Å². The standard InChI is InChI=1S/C11H22N2O/c1-2-9-13(8-1)14-10-5-11-3-6-12-7-4-11/h11-12H,1-10H2. The maximum absolute atomic E-state index is 5.72. The fourth-order valence-corrected chi connectivity index (χ4v) is 2.34. The van der Waals surface area contributed by atoms with Crippen LogP contribution in [0, 0.1) is 5.92 Å². The number of nitrogens with zero attached hydrogens (tertiary/aromatic N) is 1. The third-order valence-corrected chi connectivity index (χ3v) is 3.32. The van der Waals surface area contributed by atoms with Gasteiger partial charge < -0.3 is 5.32 Å². The number of piperidine rings is 1. The van der Waals surface area contributed by atoms with Crippen LogP contribution in [-0.4, -0.2) is 37.8 Å². The zero-order valence-corrected chi connectivity index (χ0v) is 9.00. The summed E-state index contributed by atoms with van der Waals surface area (Å²) in [5.41, 5.74) is 0. The number of hydrogen-bond donors (Lipinski definition) is 1. The van der Waals surface area contributed by atoms with Gasteiger partial charge in [0.05, 0.1) is 6.61 Å². The maximum atomic E-state index is 5.72. The zero-order valence-electron chi connectivity index (χ0n) is 9.00. The van der Waals surface area contributed by atoms with Crippen LogP contribution in [0.25, 0.3) is 0 Å². The molecule has 2 aliphatic rings. The Labute approximate surface area is 86.8 Å². The smallest absolute Gasteiger partial charge is 0.0687 e. The van der Waals surface area contributed by atoms with Crippen molar-refractivity contribution < 1.29 is 4.84 Å². The molecule has 0 amide bonds. The van der Waals surface area contributed by atoms with Gasteiger partial charge in [0, 0.05) is 13.1 Å². The van der Waals surface area contributed by atoms with Gasteiger partial charge >= 0.3 is 0 Å². The van der Waals surface area contributed by atoms with E-state index in [1.54, 1.807) is 0 Å². The summed E-state index contributed by atoms with van der Waals surface area (Å²) in [7, 11) is 0. The van der Waals surface area contributed by atoms with Crippen LogP contribution in [0.5, 0.6) is 0 Å². The molecule has 0 aromatic carbocycles. The summed E-state index contributed by atoms with van der Waals surface area (Å²) in [5, 5.41) is 5.53. The first-order valence-electron chi connectivity index (χ1n) is 6.04. The molecule has 0 unspecified atom stereocenters. The molecule has 2 fully saturated rings. The molecule has 0 saturated carbocycles. The molecule has 2 heterocycles. The van der Waals surface area contributed by atoms with Crippen LogP contribution in [0.3, 0.4) is 0 Å². The fourth-order valence-electron chi connectivity index (χ4n) is 2.34. The van der Waals surface area contributed by atoms with Crippen molar-refractivity contribution in [3.8, 4) is 0 Å². The molecule has 0 spiro atoms. The van der Waals surface area contributed by atoms with Crippen molar-refractivity contribution in [3.63, 3.8) is 0 Å². The van der Waals surface area contributed by atoms with E-state index in [1.165, 1.54) is 45.2 Å². The Balaban J connectivity index is 1.52. The molecule has 0 radical (unpaired) electrons. The van der Waals surface area contributed by atoms with Crippen LogP contribution in [0.4, 0.5) is 0 Å². The minimum atomic E-state index is 0.902. The van der Waals surface area contributed by atoms with E-state index in [9.17, 15) is 0 Å². The summed E-state index contributed by atoms with van der Waals surface area (Å²) in [5.74, 6) is 0.902. The maximum Gasteiger partial charge on any atom is 0.0687 e. The molecule has 0 aromatic rings. The first-order valence-corrected chi connectivity index (χ1v) is 6.04. The van der Waals surface area contributed by atoms with E-state index in [0.29, 0.717) is 0 Å². The average Bonchev–Trinajstić information content (AvgIpc) is 2.72. The van der Waals surface area contributed by atoms with Gasteiger partial charge in [-0.2, -0.15) is 5.06 Å². The van der Waals surface area contributed by atoms with Gasteiger partial charge in [-0.15, -0.1) is 0 Å². The second kappa shape index (κ2) is 5.69. The number of hydroxylamine groups is 2. The highest BCUT2D eigenvalue weighted by molar-refractivity contribution is 4.68. The predicted molar refractivity (Wildman–Crippen MR) is 57.0 cm³/mol. The Bertz CT molecular complexity index is 151. The van der Waals surface area contributed by atoms with Crippen LogP contribution < -0.4 is 5.32 Å². The summed E-state index contributed by atoms with van der Waals surface area (Å²) >= 11 is 0. The predicted octanol–water partition coefficient (Wildman–Crippen LogP) is 1.40. The van der Waals surface area contributed by atoms with E-state index < -0.39 is 0 Å². The molecule has 0 atom stereocenters. The molecule has 1 N–H and O–H groups in total. The summed E-state index contributed by atoms with van der Waals surface area (Å²) < 4.78 is 0. The molecule has 3 heteroatoms. The lowest BCUT2D eigenvalue weighted by atomic mass is 9.95. The lowest BCUT2D eigenvalue weighted by Crippen LogP contribution is -2.29. The second-order valence-corrected chi connectivity index (χ2v) is 4.45. The Kier molecular flexibility index (Phi) is 4.22. The highest BCUT2D eigenvalue weighted by atomic mass is 16.7. The van der Waals surface area contributed by atoms with Gasteiger partial charge in [-0.05, 0) is 51.1 Å². The number of hydrogen-bond acceptors (Lipinski definition) is 3. The van der Waals surface area contributed by atoms with E-state index in [0.717, 1.165) is 25.6 Å². The van der Waals surface area contributed by atoms with Crippen LogP contribution >= 0.6 is 0 Å². The molecule has 2 rings (SSSR count). The first-order chi connectivity index (χ1) is 6.95. The Morgan fingerprint density at radius 3 is 2.57 bits per heavy atom. The third-order valence-electron chi connectivity index (χ3n) is 3.32. The molecule has 82 valence electrons. The zero-order chi connectivity index (χ0) is 9.64. The van der Waals surface area contributed by atoms with Gasteiger partial charge in [0.15, 0.2) is 0 Å². The number of nitrogens with one attached hydrogen (secondary N) is 1. The lowest BCUT2D eigenvalue weighted by Gasteiger charge is -2.23. The Hall–Kier alpha value is -0.120. The van der Waals surface area contributed by atoms with Crippen molar-refractivity contribution in [1.29, 1.82) is 0 Å². The summed E-state index contributed by atoms with van der Waals surface area (Å²) in [6.45, 7) is 5.63. The van der Waals surface area contributed by atoms with Gasteiger partial charge in [0.1, 0.15) is 0 Å². The van der Waals surface area contributed by atoms with Crippen LogP contribution in [0.2, 0.25) is 0 Å². The summed E-state index contributed by atoms with van der Waals surface area (Å²) in [4.78, 5) is 5.72. The molecule has 0 aromatic heterocycles. The quantitative estimate of drug-likeness (QED) is 0.739.